The normalized spacial score (nSPS) is 15.0. The van der Waals surface area contributed by atoms with Crippen molar-refractivity contribution < 1.29 is 14.3 Å². The maximum atomic E-state index is 11.7. The third-order valence-corrected chi connectivity index (χ3v) is 4.36. The summed E-state index contributed by atoms with van der Waals surface area (Å²) in [6, 6.07) is 7.38. The monoisotopic (exact) mass is 342 g/mol. The number of nitrogens with two attached hydrogens (primary N) is 1. The Morgan fingerprint density at radius 1 is 1.24 bits per heavy atom. The Labute approximate surface area is 146 Å². The summed E-state index contributed by atoms with van der Waals surface area (Å²) in [7, 11) is 1.61. The van der Waals surface area contributed by atoms with Crippen molar-refractivity contribution in [3.63, 3.8) is 0 Å². The van der Waals surface area contributed by atoms with Crippen molar-refractivity contribution in [3.8, 4) is 17.4 Å². The summed E-state index contributed by atoms with van der Waals surface area (Å²) in [4.78, 5) is 22.3. The molecule has 0 bridgehead atoms. The van der Waals surface area contributed by atoms with Crippen LogP contribution in [0.15, 0.2) is 36.7 Å². The van der Waals surface area contributed by atoms with E-state index in [1.54, 1.807) is 30.5 Å². The van der Waals surface area contributed by atoms with Crippen LogP contribution in [0.2, 0.25) is 0 Å². The first-order valence-corrected chi connectivity index (χ1v) is 8.32. The highest BCUT2D eigenvalue weighted by Gasteiger charge is 2.26. The van der Waals surface area contributed by atoms with Gasteiger partial charge in [-0.3, -0.25) is 9.78 Å². The topological polar surface area (TPSA) is 90.6 Å². The smallest absolute Gasteiger partial charge is 0.241 e. The van der Waals surface area contributed by atoms with E-state index in [2.05, 4.69) is 9.97 Å². The van der Waals surface area contributed by atoms with Gasteiger partial charge in [0.2, 0.25) is 11.8 Å². The van der Waals surface area contributed by atoms with Crippen LogP contribution in [0.3, 0.4) is 0 Å². The van der Waals surface area contributed by atoms with Gasteiger partial charge in [-0.05, 0) is 25.0 Å². The number of piperidine rings is 1. The lowest BCUT2D eigenvalue weighted by Crippen LogP contribution is -2.41. The first kappa shape index (κ1) is 17.2. The molecule has 1 aliphatic heterocycles. The minimum atomic E-state index is -0.00884. The summed E-state index contributed by atoms with van der Waals surface area (Å²) < 4.78 is 11.2. The molecule has 1 aliphatic rings. The molecular weight excluding hydrogens is 320 g/mol. The van der Waals surface area contributed by atoms with E-state index in [0.717, 1.165) is 24.3 Å². The van der Waals surface area contributed by atoms with Crippen LogP contribution in [0.1, 0.15) is 24.5 Å². The molecule has 0 spiro atoms. The van der Waals surface area contributed by atoms with Gasteiger partial charge in [-0.25, -0.2) is 4.98 Å². The summed E-state index contributed by atoms with van der Waals surface area (Å²) in [5, 5.41) is 0. The molecule has 0 unspecified atom stereocenters. The first-order chi connectivity index (χ1) is 12.2. The lowest BCUT2D eigenvalue weighted by atomic mass is 9.93. The molecule has 2 aromatic rings. The minimum Gasteiger partial charge on any atom is -0.497 e. The molecule has 7 heteroatoms. The van der Waals surface area contributed by atoms with Crippen molar-refractivity contribution in [1.29, 1.82) is 0 Å². The number of nitrogens with zero attached hydrogens (tertiary/aromatic N) is 3. The molecule has 0 saturated carbocycles. The molecule has 7 nitrogen and oxygen atoms in total. The third-order valence-electron chi connectivity index (χ3n) is 4.36. The Morgan fingerprint density at radius 2 is 1.96 bits per heavy atom. The summed E-state index contributed by atoms with van der Waals surface area (Å²) in [6.45, 7) is 1.41. The second-order valence-corrected chi connectivity index (χ2v) is 5.89. The molecule has 0 aliphatic carbocycles. The number of benzene rings is 1. The lowest BCUT2D eigenvalue weighted by Gasteiger charge is -2.31. The maximum absolute atomic E-state index is 11.7. The van der Waals surface area contributed by atoms with Gasteiger partial charge in [0.05, 0.1) is 13.7 Å². The average molecular weight is 342 g/mol. The van der Waals surface area contributed by atoms with E-state index in [1.807, 2.05) is 18.2 Å². The zero-order chi connectivity index (χ0) is 17.6. The van der Waals surface area contributed by atoms with E-state index in [-0.39, 0.29) is 18.4 Å². The summed E-state index contributed by atoms with van der Waals surface area (Å²) in [5.74, 6) is 2.06. The number of hydrogen-bond acceptors (Lipinski definition) is 6. The van der Waals surface area contributed by atoms with Crippen LogP contribution in [-0.4, -0.2) is 47.5 Å². The zero-order valence-electron chi connectivity index (χ0n) is 14.2. The van der Waals surface area contributed by atoms with Gasteiger partial charge < -0.3 is 20.1 Å². The van der Waals surface area contributed by atoms with Crippen LogP contribution in [0, 0.1) is 0 Å². The van der Waals surface area contributed by atoms with Crippen molar-refractivity contribution in [2.24, 2.45) is 5.73 Å². The predicted octanol–water partition coefficient (Wildman–Crippen LogP) is 1.94. The highest BCUT2D eigenvalue weighted by molar-refractivity contribution is 5.78. The summed E-state index contributed by atoms with van der Waals surface area (Å²) in [5.41, 5.74) is 6.26. The van der Waals surface area contributed by atoms with Gasteiger partial charge >= 0.3 is 0 Å². The molecule has 1 amide bonds. The van der Waals surface area contributed by atoms with Gasteiger partial charge in [0.25, 0.3) is 0 Å². The van der Waals surface area contributed by atoms with Crippen LogP contribution in [0.4, 0.5) is 0 Å². The van der Waals surface area contributed by atoms with Crippen LogP contribution in [-0.2, 0) is 4.79 Å². The van der Waals surface area contributed by atoms with E-state index in [9.17, 15) is 4.79 Å². The van der Waals surface area contributed by atoms with Crippen LogP contribution in [0.5, 0.6) is 17.4 Å². The Morgan fingerprint density at radius 3 is 2.68 bits per heavy atom. The van der Waals surface area contributed by atoms with Crippen molar-refractivity contribution >= 4 is 5.91 Å². The van der Waals surface area contributed by atoms with Crippen LogP contribution >= 0.6 is 0 Å². The molecule has 1 aromatic heterocycles. The van der Waals surface area contributed by atoms with Gasteiger partial charge in [0.15, 0.2) is 0 Å². The molecule has 1 fully saturated rings. The number of aromatic nitrogens is 2. The van der Waals surface area contributed by atoms with E-state index in [0.29, 0.717) is 24.7 Å². The second kappa shape index (κ2) is 7.94. The molecular formula is C18H22N4O3. The molecule has 0 atom stereocenters. The molecule has 2 heterocycles. The van der Waals surface area contributed by atoms with E-state index in [4.69, 9.17) is 15.2 Å². The fourth-order valence-corrected chi connectivity index (χ4v) is 3.00. The number of rotatable bonds is 5. The highest BCUT2D eigenvalue weighted by Crippen LogP contribution is 2.34. The highest BCUT2D eigenvalue weighted by atomic mass is 16.5. The molecule has 25 heavy (non-hydrogen) atoms. The maximum Gasteiger partial charge on any atom is 0.241 e. The Bertz CT molecular complexity index is 730. The average Bonchev–Trinajstić information content (AvgIpc) is 2.68. The standard InChI is InChI=1S/C18H22N4O3/c1-24-14-3-2-4-15(11-14)25-18-17(20-7-8-21-18)13-5-9-22(10-6-13)16(23)12-19/h2-4,7-8,11,13H,5-6,9-10,12,19H2,1H3. The number of methoxy groups -OCH3 is 1. The van der Waals surface area contributed by atoms with Gasteiger partial charge in [-0.1, -0.05) is 6.07 Å². The minimum absolute atomic E-state index is 0.00884. The van der Waals surface area contributed by atoms with E-state index < -0.39 is 0 Å². The molecule has 2 N–H and O–H groups in total. The fraction of sp³-hybridized carbons (Fsp3) is 0.389. The Kier molecular flexibility index (Phi) is 5.45. The molecule has 3 rings (SSSR count). The van der Waals surface area contributed by atoms with E-state index >= 15 is 0 Å². The van der Waals surface area contributed by atoms with Crippen molar-refractivity contribution in [1.82, 2.24) is 14.9 Å². The first-order valence-electron chi connectivity index (χ1n) is 8.32. The van der Waals surface area contributed by atoms with Crippen molar-refractivity contribution in [2.45, 2.75) is 18.8 Å². The lowest BCUT2D eigenvalue weighted by molar-refractivity contribution is -0.130. The molecule has 0 radical (unpaired) electrons. The van der Waals surface area contributed by atoms with Crippen molar-refractivity contribution in [2.75, 3.05) is 26.7 Å². The van der Waals surface area contributed by atoms with Gasteiger partial charge in [0, 0.05) is 37.5 Å². The molecule has 1 aromatic carbocycles. The number of likely N-dealkylation sites (tertiary alicyclic amines) is 1. The van der Waals surface area contributed by atoms with Crippen molar-refractivity contribution in [3.05, 3.63) is 42.4 Å². The van der Waals surface area contributed by atoms with Gasteiger partial charge in [-0.2, -0.15) is 0 Å². The zero-order valence-corrected chi connectivity index (χ0v) is 14.2. The fourth-order valence-electron chi connectivity index (χ4n) is 3.00. The second-order valence-electron chi connectivity index (χ2n) is 5.89. The quantitative estimate of drug-likeness (QED) is 0.893. The Hall–Kier alpha value is -2.67. The van der Waals surface area contributed by atoms with Crippen LogP contribution < -0.4 is 15.2 Å². The molecule has 1 saturated heterocycles. The van der Waals surface area contributed by atoms with E-state index in [1.165, 1.54) is 0 Å². The van der Waals surface area contributed by atoms with Gasteiger partial charge in [0.1, 0.15) is 17.2 Å². The Balaban J connectivity index is 1.74. The van der Waals surface area contributed by atoms with Gasteiger partial charge in [-0.15, -0.1) is 0 Å². The summed E-state index contributed by atoms with van der Waals surface area (Å²) >= 11 is 0. The molecule has 132 valence electrons. The SMILES string of the molecule is COc1cccc(Oc2nccnc2C2CCN(C(=O)CN)CC2)c1. The number of hydrogen-bond donors (Lipinski definition) is 1. The predicted molar refractivity (Wildman–Crippen MR) is 92.7 cm³/mol. The number of carbonyl (C=O) groups is 1. The number of carbonyl (C=O) groups excluding carboxylic acids is 1. The largest absolute Gasteiger partial charge is 0.497 e. The number of amides is 1. The summed E-state index contributed by atoms with van der Waals surface area (Å²) in [6.07, 6.45) is 4.93. The number of ether oxygens (including phenoxy) is 2. The van der Waals surface area contributed by atoms with Crippen LogP contribution in [0.25, 0.3) is 0 Å². The third kappa shape index (κ3) is 4.06.